The highest BCUT2D eigenvalue weighted by molar-refractivity contribution is 6.31. The Morgan fingerprint density at radius 2 is 1.73 bits per heavy atom. The number of carbonyl (C=O) groups excluding carboxylic acids is 1. The van der Waals surface area contributed by atoms with Crippen LogP contribution in [0.1, 0.15) is 24.0 Å². The van der Waals surface area contributed by atoms with E-state index in [4.69, 9.17) is 11.6 Å². The number of rotatable bonds is 5. The Labute approximate surface area is 180 Å². The van der Waals surface area contributed by atoms with Crippen molar-refractivity contribution in [3.05, 3.63) is 87.0 Å². The summed E-state index contributed by atoms with van der Waals surface area (Å²) in [7, 11) is 0. The van der Waals surface area contributed by atoms with Gasteiger partial charge in [0.05, 0.1) is 11.0 Å². The minimum Gasteiger partial charge on any atom is -0.340 e. The van der Waals surface area contributed by atoms with Crippen LogP contribution in [0.15, 0.2) is 65.5 Å². The molecule has 1 amide bonds. The third kappa shape index (κ3) is 3.83. The van der Waals surface area contributed by atoms with Crippen LogP contribution in [-0.2, 0) is 11.3 Å². The normalized spacial score (nSPS) is 11.2. The topological polar surface area (TPSA) is 51.1 Å². The average molecular weight is 419 g/mol. The molecule has 0 radical (unpaired) electrons. The summed E-state index contributed by atoms with van der Waals surface area (Å²) < 4.78 is 2.14. The molecule has 0 aliphatic carbocycles. The Kier molecular flexibility index (Phi) is 5.60. The molecule has 1 N–H and O–H groups in total. The molecular formula is C25H23ClN2O2. The lowest BCUT2D eigenvalue weighted by atomic mass is 10.1. The van der Waals surface area contributed by atoms with Crippen LogP contribution in [0.3, 0.4) is 0 Å². The van der Waals surface area contributed by atoms with Gasteiger partial charge in [0, 0.05) is 34.4 Å². The van der Waals surface area contributed by atoms with E-state index in [1.54, 1.807) is 6.07 Å². The molecule has 4 nitrogen and oxygen atoms in total. The molecule has 0 aliphatic rings. The van der Waals surface area contributed by atoms with Gasteiger partial charge >= 0.3 is 0 Å². The number of amides is 1. The molecule has 4 rings (SSSR count). The van der Waals surface area contributed by atoms with Gasteiger partial charge < -0.3 is 9.88 Å². The summed E-state index contributed by atoms with van der Waals surface area (Å²) in [6.45, 7) is 4.52. The first-order valence-electron chi connectivity index (χ1n) is 10.0. The van der Waals surface area contributed by atoms with Gasteiger partial charge in [-0.3, -0.25) is 9.59 Å². The van der Waals surface area contributed by atoms with Crippen LogP contribution in [-0.4, -0.2) is 10.5 Å². The highest BCUT2D eigenvalue weighted by Crippen LogP contribution is 2.24. The molecular weight excluding hydrogens is 396 g/mol. The zero-order chi connectivity index (χ0) is 21.3. The fraction of sp³-hybridized carbons (Fsp3) is 0.200. The van der Waals surface area contributed by atoms with E-state index >= 15 is 0 Å². The first kappa shape index (κ1) is 20.2. The predicted molar refractivity (Wildman–Crippen MR) is 125 cm³/mol. The fourth-order valence-corrected chi connectivity index (χ4v) is 4.01. The minimum atomic E-state index is -0.0501. The highest BCUT2D eigenvalue weighted by atomic mass is 35.5. The standard InChI is InChI=1S/C25H23ClN2O2/c1-16-12-13-23-19(15-16)25(30)18-7-3-4-10-22(18)28(23)14-6-11-24(29)27-21-9-5-8-20(26)17(21)2/h3-5,7-10,12-13,15H,6,11,14H2,1-2H3,(H,27,29). The van der Waals surface area contributed by atoms with Gasteiger partial charge in [-0.15, -0.1) is 0 Å². The largest absolute Gasteiger partial charge is 0.340 e. The Bertz CT molecular complexity index is 1320. The van der Waals surface area contributed by atoms with Gasteiger partial charge in [-0.05, 0) is 62.2 Å². The van der Waals surface area contributed by atoms with E-state index in [-0.39, 0.29) is 11.3 Å². The van der Waals surface area contributed by atoms with E-state index < -0.39 is 0 Å². The maximum absolute atomic E-state index is 12.9. The number of aromatic nitrogens is 1. The smallest absolute Gasteiger partial charge is 0.224 e. The van der Waals surface area contributed by atoms with E-state index in [0.29, 0.717) is 35.2 Å². The molecule has 0 saturated carbocycles. The summed E-state index contributed by atoms with van der Waals surface area (Å²) >= 11 is 6.14. The molecule has 0 aliphatic heterocycles. The van der Waals surface area contributed by atoms with Crippen LogP contribution in [0, 0.1) is 13.8 Å². The van der Waals surface area contributed by atoms with E-state index in [2.05, 4.69) is 9.88 Å². The molecule has 1 heterocycles. The Hall–Kier alpha value is -3.11. The maximum atomic E-state index is 12.9. The van der Waals surface area contributed by atoms with Crippen molar-refractivity contribution in [2.24, 2.45) is 0 Å². The maximum Gasteiger partial charge on any atom is 0.224 e. The van der Waals surface area contributed by atoms with Crippen molar-refractivity contribution in [3.63, 3.8) is 0 Å². The zero-order valence-corrected chi connectivity index (χ0v) is 17.8. The van der Waals surface area contributed by atoms with Gasteiger partial charge in [-0.25, -0.2) is 0 Å². The molecule has 30 heavy (non-hydrogen) atoms. The lowest BCUT2D eigenvalue weighted by Gasteiger charge is -2.16. The summed E-state index contributed by atoms with van der Waals surface area (Å²) in [6.07, 6.45) is 1.03. The summed E-state index contributed by atoms with van der Waals surface area (Å²) in [6, 6.07) is 19.1. The number of fused-ring (bicyclic) bond motifs is 2. The molecule has 152 valence electrons. The van der Waals surface area contributed by atoms with Crippen molar-refractivity contribution in [2.45, 2.75) is 33.2 Å². The Morgan fingerprint density at radius 1 is 0.967 bits per heavy atom. The molecule has 5 heteroatoms. The molecule has 0 saturated heterocycles. The first-order valence-corrected chi connectivity index (χ1v) is 10.4. The molecule has 0 unspecified atom stereocenters. The van der Waals surface area contributed by atoms with Crippen LogP contribution in [0.4, 0.5) is 5.69 Å². The number of carbonyl (C=O) groups is 1. The number of anilines is 1. The second kappa shape index (κ2) is 8.33. The molecule has 1 aromatic heterocycles. The Morgan fingerprint density at radius 3 is 2.57 bits per heavy atom. The predicted octanol–water partition coefficient (Wildman–Crippen LogP) is 5.84. The van der Waals surface area contributed by atoms with Gasteiger partial charge in [0.1, 0.15) is 0 Å². The van der Waals surface area contributed by atoms with Crippen molar-refractivity contribution in [2.75, 3.05) is 5.32 Å². The molecule has 4 aromatic rings. The second-order valence-electron chi connectivity index (χ2n) is 7.58. The van der Waals surface area contributed by atoms with E-state index in [1.807, 2.05) is 68.4 Å². The van der Waals surface area contributed by atoms with Crippen molar-refractivity contribution in [1.29, 1.82) is 0 Å². The van der Waals surface area contributed by atoms with Gasteiger partial charge in [0.2, 0.25) is 5.91 Å². The van der Waals surface area contributed by atoms with Crippen molar-refractivity contribution in [1.82, 2.24) is 4.57 Å². The van der Waals surface area contributed by atoms with E-state index in [1.165, 1.54) is 0 Å². The number of nitrogens with one attached hydrogen (secondary N) is 1. The highest BCUT2D eigenvalue weighted by Gasteiger charge is 2.12. The minimum absolute atomic E-state index is 0.0501. The van der Waals surface area contributed by atoms with Crippen LogP contribution in [0.2, 0.25) is 5.02 Å². The lowest BCUT2D eigenvalue weighted by molar-refractivity contribution is -0.116. The van der Waals surface area contributed by atoms with Crippen molar-refractivity contribution in [3.8, 4) is 0 Å². The average Bonchev–Trinajstić information content (AvgIpc) is 2.74. The van der Waals surface area contributed by atoms with Gasteiger partial charge in [0.15, 0.2) is 5.43 Å². The number of halogens is 1. The molecule has 3 aromatic carbocycles. The Balaban J connectivity index is 1.59. The summed E-state index contributed by atoms with van der Waals surface area (Å²) in [4.78, 5) is 25.4. The third-order valence-electron chi connectivity index (χ3n) is 5.45. The molecule has 0 atom stereocenters. The van der Waals surface area contributed by atoms with E-state index in [0.717, 1.165) is 27.8 Å². The summed E-state index contributed by atoms with van der Waals surface area (Å²) in [5, 5.41) is 5.00. The number of pyridine rings is 1. The van der Waals surface area contributed by atoms with Gasteiger partial charge in [0.25, 0.3) is 0 Å². The number of aryl methyl sites for hydroxylation is 2. The van der Waals surface area contributed by atoms with Crippen LogP contribution in [0.5, 0.6) is 0 Å². The first-order chi connectivity index (χ1) is 14.5. The molecule has 0 spiro atoms. The van der Waals surface area contributed by atoms with Gasteiger partial charge in [-0.2, -0.15) is 0 Å². The third-order valence-corrected chi connectivity index (χ3v) is 5.86. The van der Waals surface area contributed by atoms with Gasteiger partial charge in [-0.1, -0.05) is 41.4 Å². The summed E-state index contributed by atoms with van der Waals surface area (Å²) in [5.41, 5.74) is 4.50. The number of hydrogen-bond acceptors (Lipinski definition) is 2. The number of nitrogens with zero attached hydrogens (tertiary/aromatic N) is 1. The second-order valence-corrected chi connectivity index (χ2v) is 7.99. The van der Waals surface area contributed by atoms with Crippen LogP contribution in [0.25, 0.3) is 21.8 Å². The number of benzene rings is 3. The SMILES string of the molecule is Cc1ccc2c(c1)c(=O)c1ccccc1n2CCCC(=O)Nc1cccc(Cl)c1C. The number of para-hydroxylation sites is 1. The fourth-order valence-electron chi connectivity index (χ4n) is 3.84. The monoisotopic (exact) mass is 418 g/mol. The quantitative estimate of drug-likeness (QED) is 0.413. The van der Waals surface area contributed by atoms with Crippen molar-refractivity contribution < 1.29 is 4.79 Å². The summed E-state index contributed by atoms with van der Waals surface area (Å²) in [5.74, 6) is -0.0501. The zero-order valence-electron chi connectivity index (χ0n) is 17.0. The van der Waals surface area contributed by atoms with Crippen LogP contribution < -0.4 is 10.7 Å². The molecule has 0 fully saturated rings. The lowest BCUT2D eigenvalue weighted by Crippen LogP contribution is -2.15. The molecule has 0 bridgehead atoms. The van der Waals surface area contributed by atoms with Crippen molar-refractivity contribution >= 4 is 45.0 Å². The van der Waals surface area contributed by atoms with E-state index in [9.17, 15) is 9.59 Å². The number of hydrogen-bond donors (Lipinski definition) is 1. The van der Waals surface area contributed by atoms with Crippen LogP contribution >= 0.6 is 11.6 Å².